The van der Waals surface area contributed by atoms with E-state index in [0.717, 1.165) is 11.3 Å². The van der Waals surface area contributed by atoms with Crippen molar-refractivity contribution in [2.45, 2.75) is 26.9 Å². The molecule has 0 fully saturated rings. The fourth-order valence-corrected chi connectivity index (χ4v) is 1.31. The van der Waals surface area contributed by atoms with E-state index in [-0.39, 0.29) is 12.2 Å². The first kappa shape index (κ1) is 9.00. The lowest BCUT2D eigenvalue weighted by Crippen LogP contribution is -2.16. The number of aryl methyl sites for hydroxylation is 1. The summed E-state index contributed by atoms with van der Waals surface area (Å²) in [6.45, 7) is 3.65. The van der Waals surface area contributed by atoms with Crippen LogP contribution in [0.2, 0.25) is 0 Å². The van der Waals surface area contributed by atoms with Crippen LogP contribution in [0.1, 0.15) is 23.7 Å². The molecule has 1 aromatic rings. The van der Waals surface area contributed by atoms with E-state index in [1.54, 1.807) is 13.0 Å². The van der Waals surface area contributed by atoms with Crippen LogP contribution >= 0.6 is 0 Å². The van der Waals surface area contributed by atoms with E-state index in [2.05, 4.69) is 4.98 Å². The number of hydrogen-bond acceptors (Lipinski definition) is 2. The predicted octanol–water partition coefficient (Wildman–Crippen LogP) is 0.738. The molecule has 0 saturated heterocycles. The number of hydrogen-bond donors (Lipinski definition) is 2. The number of aromatic nitrogens is 1. The van der Waals surface area contributed by atoms with Crippen molar-refractivity contribution < 1.29 is 5.11 Å². The molecule has 0 aromatic carbocycles. The molecule has 0 aliphatic rings. The molecule has 0 radical (unpaired) electrons. The minimum Gasteiger partial charge on any atom is -0.392 e. The van der Waals surface area contributed by atoms with Crippen molar-refractivity contribution in [1.82, 2.24) is 4.98 Å². The fourth-order valence-electron chi connectivity index (χ4n) is 1.31. The largest absolute Gasteiger partial charge is 0.392 e. The van der Waals surface area contributed by atoms with E-state index in [1.165, 1.54) is 0 Å². The molecule has 1 aromatic heterocycles. The maximum atomic E-state index is 11.3. The van der Waals surface area contributed by atoms with Gasteiger partial charge in [0.2, 0.25) is 0 Å². The number of pyridine rings is 1. The molecule has 0 amide bonds. The second kappa shape index (κ2) is 3.54. The zero-order valence-corrected chi connectivity index (χ0v) is 7.35. The smallest absolute Gasteiger partial charge is 0.251 e. The zero-order valence-electron chi connectivity index (χ0n) is 7.35. The summed E-state index contributed by atoms with van der Waals surface area (Å²) in [6.07, 6.45) is 0.658. The summed E-state index contributed by atoms with van der Waals surface area (Å²) in [7, 11) is 0. The summed E-state index contributed by atoms with van der Waals surface area (Å²) in [4.78, 5) is 14.0. The molecule has 1 heterocycles. The Morgan fingerprint density at radius 2 is 2.25 bits per heavy atom. The Bertz CT molecular complexity index is 328. The average Bonchev–Trinajstić information content (AvgIpc) is 2.03. The van der Waals surface area contributed by atoms with Crippen molar-refractivity contribution in [2.24, 2.45) is 0 Å². The highest BCUT2D eigenvalue weighted by atomic mass is 16.3. The summed E-state index contributed by atoms with van der Waals surface area (Å²) in [5, 5.41) is 8.95. The van der Waals surface area contributed by atoms with E-state index < -0.39 is 0 Å². The molecule has 1 rings (SSSR count). The van der Waals surface area contributed by atoms with Crippen molar-refractivity contribution >= 4 is 0 Å². The monoisotopic (exact) mass is 167 g/mol. The molecule has 0 spiro atoms. The van der Waals surface area contributed by atoms with Gasteiger partial charge in [-0.05, 0) is 25.0 Å². The van der Waals surface area contributed by atoms with Crippen molar-refractivity contribution in [2.75, 3.05) is 0 Å². The first-order valence-electron chi connectivity index (χ1n) is 4.01. The molecule has 3 nitrogen and oxygen atoms in total. The first-order chi connectivity index (χ1) is 5.69. The number of nitrogens with one attached hydrogen (secondary N) is 1. The maximum absolute atomic E-state index is 11.3. The summed E-state index contributed by atoms with van der Waals surface area (Å²) in [6, 6.07) is 1.81. The SMILES string of the molecule is CCc1c(CO)cc(C)[nH]c1=O. The van der Waals surface area contributed by atoms with Gasteiger partial charge in [0.1, 0.15) is 0 Å². The Morgan fingerprint density at radius 3 is 2.75 bits per heavy atom. The van der Waals surface area contributed by atoms with Gasteiger partial charge in [-0.15, -0.1) is 0 Å². The summed E-state index contributed by atoms with van der Waals surface area (Å²) in [5.74, 6) is 0. The number of H-pyrrole nitrogens is 1. The fraction of sp³-hybridized carbons (Fsp3) is 0.444. The van der Waals surface area contributed by atoms with Crippen LogP contribution in [0.25, 0.3) is 0 Å². The van der Waals surface area contributed by atoms with Crippen LogP contribution < -0.4 is 5.56 Å². The molecule has 0 aliphatic heterocycles. The Hall–Kier alpha value is -1.09. The van der Waals surface area contributed by atoms with Crippen molar-refractivity contribution in [3.8, 4) is 0 Å². The molecule has 66 valence electrons. The number of aromatic amines is 1. The van der Waals surface area contributed by atoms with E-state index in [0.29, 0.717) is 12.0 Å². The quantitative estimate of drug-likeness (QED) is 0.682. The minimum atomic E-state index is -0.0819. The van der Waals surface area contributed by atoms with Crippen LogP contribution in [0.5, 0.6) is 0 Å². The Labute approximate surface area is 71.1 Å². The standard InChI is InChI=1S/C9H13NO2/c1-3-8-7(5-11)4-6(2)10-9(8)12/h4,11H,3,5H2,1-2H3,(H,10,12). The van der Waals surface area contributed by atoms with Gasteiger partial charge in [-0.2, -0.15) is 0 Å². The van der Waals surface area contributed by atoms with Crippen molar-refractivity contribution in [3.63, 3.8) is 0 Å². The molecule has 0 aliphatic carbocycles. The van der Waals surface area contributed by atoms with Gasteiger partial charge in [0.25, 0.3) is 5.56 Å². The lowest BCUT2D eigenvalue weighted by molar-refractivity contribution is 0.280. The van der Waals surface area contributed by atoms with Gasteiger partial charge in [0.05, 0.1) is 6.61 Å². The molecule has 0 unspecified atom stereocenters. The molecule has 0 bridgehead atoms. The van der Waals surface area contributed by atoms with Crippen LogP contribution in [-0.4, -0.2) is 10.1 Å². The molecular weight excluding hydrogens is 154 g/mol. The van der Waals surface area contributed by atoms with Gasteiger partial charge in [-0.1, -0.05) is 6.92 Å². The van der Waals surface area contributed by atoms with Crippen molar-refractivity contribution in [3.05, 3.63) is 33.2 Å². The normalized spacial score (nSPS) is 10.2. The van der Waals surface area contributed by atoms with Gasteiger partial charge >= 0.3 is 0 Å². The van der Waals surface area contributed by atoms with Crippen LogP contribution in [0.4, 0.5) is 0 Å². The second-order valence-electron chi connectivity index (χ2n) is 2.80. The Kier molecular flexibility index (Phi) is 2.65. The highest BCUT2D eigenvalue weighted by Crippen LogP contribution is 2.05. The maximum Gasteiger partial charge on any atom is 0.251 e. The van der Waals surface area contributed by atoms with Gasteiger partial charge in [-0.25, -0.2) is 0 Å². The van der Waals surface area contributed by atoms with E-state index in [4.69, 9.17) is 5.11 Å². The van der Waals surface area contributed by atoms with Gasteiger partial charge in [-0.3, -0.25) is 4.79 Å². The summed E-state index contributed by atoms with van der Waals surface area (Å²) < 4.78 is 0. The number of aliphatic hydroxyl groups excluding tert-OH is 1. The average molecular weight is 167 g/mol. The van der Waals surface area contributed by atoms with Crippen LogP contribution in [-0.2, 0) is 13.0 Å². The summed E-state index contributed by atoms with van der Waals surface area (Å²) in [5.41, 5.74) is 2.13. The van der Waals surface area contributed by atoms with E-state index >= 15 is 0 Å². The minimum absolute atomic E-state index is 0.0616. The predicted molar refractivity (Wildman–Crippen MR) is 47.1 cm³/mol. The zero-order chi connectivity index (χ0) is 9.14. The third kappa shape index (κ3) is 1.56. The number of aliphatic hydroxyl groups is 1. The lowest BCUT2D eigenvalue weighted by atomic mass is 10.1. The van der Waals surface area contributed by atoms with Gasteiger partial charge < -0.3 is 10.1 Å². The molecular formula is C9H13NO2. The highest BCUT2D eigenvalue weighted by Gasteiger charge is 2.04. The van der Waals surface area contributed by atoms with Crippen LogP contribution in [0.15, 0.2) is 10.9 Å². The highest BCUT2D eigenvalue weighted by molar-refractivity contribution is 5.25. The topological polar surface area (TPSA) is 53.1 Å². The van der Waals surface area contributed by atoms with E-state index in [1.807, 2.05) is 6.92 Å². The first-order valence-corrected chi connectivity index (χ1v) is 4.01. The van der Waals surface area contributed by atoms with Crippen LogP contribution in [0, 0.1) is 6.92 Å². The third-order valence-corrected chi connectivity index (χ3v) is 1.89. The number of rotatable bonds is 2. The Morgan fingerprint density at radius 1 is 1.58 bits per heavy atom. The second-order valence-corrected chi connectivity index (χ2v) is 2.80. The van der Waals surface area contributed by atoms with Crippen molar-refractivity contribution in [1.29, 1.82) is 0 Å². The Balaban J connectivity index is 3.34. The summed E-state index contributed by atoms with van der Waals surface area (Å²) >= 11 is 0. The lowest BCUT2D eigenvalue weighted by Gasteiger charge is -2.04. The molecule has 2 N–H and O–H groups in total. The van der Waals surface area contributed by atoms with Gasteiger partial charge in [0.15, 0.2) is 0 Å². The third-order valence-electron chi connectivity index (χ3n) is 1.89. The molecule has 0 atom stereocenters. The van der Waals surface area contributed by atoms with Crippen LogP contribution in [0.3, 0.4) is 0 Å². The molecule has 0 saturated carbocycles. The van der Waals surface area contributed by atoms with Gasteiger partial charge in [0, 0.05) is 11.3 Å². The van der Waals surface area contributed by atoms with E-state index in [9.17, 15) is 4.79 Å². The molecule has 3 heteroatoms. The molecule has 12 heavy (non-hydrogen) atoms.